The fraction of sp³-hybridized carbons (Fsp3) is 0.846. The summed E-state index contributed by atoms with van der Waals surface area (Å²) in [5.41, 5.74) is -0.930. The van der Waals surface area contributed by atoms with Gasteiger partial charge in [-0.05, 0) is 32.6 Å². The third-order valence-corrected chi connectivity index (χ3v) is 3.35. The molecule has 0 spiro atoms. The molecule has 0 aromatic heterocycles. The number of methoxy groups -OCH3 is 1. The number of nitrogens with one attached hydrogen (secondary N) is 1. The van der Waals surface area contributed by atoms with Gasteiger partial charge in [-0.1, -0.05) is 19.3 Å². The predicted molar refractivity (Wildman–Crippen MR) is 65.4 cm³/mol. The summed E-state index contributed by atoms with van der Waals surface area (Å²) >= 11 is 0. The van der Waals surface area contributed by atoms with Crippen LogP contribution < -0.4 is 5.32 Å². The molecule has 0 radical (unpaired) electrons. The SMILES string of the molecule is COC(=O)C(C)(C)NC(=O)CC1CCCCC1. The normalized spacial score (nSPS) is 17.6. The average Bonchev–Trinajstić information content (AvgIpc) is 2.28. The minimum atomic E-state index is -0.930. The molecule has 17 heavy (non-hydrogen) atoms. The summed E-state index contributed by atoms with van der Waals surface area (Å²) in [5.74, 6) is 0.0268. The van der Waals surface area contributed by atoms with Crippen LogP contribution >= 0.6 is 0 Å². The molecule has 1 fully saturated rings. The Bertz CT molecular complexity index is 280. The summed E-state index contributed by atoms with van der Waals surface area (Å²) in [5, 5.41) is 2.74. The van der Waals surface area contributed by atoms with Crippen molar-refractivity contribution in [3.8, 4) is 0 Å². The molecule has 1 aliphatic carbocycles. The first kappa shape index (κ1) is 14.0. The highest BCUT2D eigenvalue weighted by atomic mass is 16.5. The van der Waals surface area contributed by atoms with E-state index in [1.807, 2.05) is 0 Å². The molecular formula is C13H23NO3. The maximum atomic E-state index is 11.8. The molecule has 0 aromatic rings. The number of amides is 1. The van der Waals surface area contributed by atoms with Crippen molar-refractivity contribution in [3.63, 3.8) is 0 Å². The number of rotatable bonds is 4. The fourth-order valence-corrected chi connectivity index (χ4v) is 2.36. The van der Waals surface area contributed by atoms with Gasteiger partial charge in [0.15, 0.2) is 0 Å². The molecule has 0 bridgehead atoms. The second-order valence-electron chi connectivity index (χ2n) is 5.37. The highest BCUT2D eigenvalue weighted by Gasteiger charge is 2.31. The molecule has 0 heterocycles. The van der Waals surface area contributed by atoms with Crippen LogP contribution in [0.3, 0.4) is 0 Å². The third-order valence-electron chi connectivity index (χ3n) is 3.35. The van der Waals surface area contributed by atoms with Gasteiger partial charge in [0.25, 0.3) is 0 Å². The van der Waals surface area contributed by atoms with Crippen molar-refractivity contribution in [3.05, 3.63) is 0 Å². The van der Waals surface area contributed by atoms with Crippen LogP contribution in [0.25, 0.3) is 0 Å². The first-order valence-electron chi connectivity index (χ1n) is 6.35. The van der Waals surface area contributed by atoms with E-state index in [2.05, 4.69) is 10.1 Å². The van der Waals surface area contributed by atoms with Gasteiger partial charge in [0, 0.05) is 6.42 Å². The number of ether oxygens (including phenoxy) is 1. The average molecular weight is 241 g/mol. The standard InChI is InChI=1S/C13H23NO3/c1-13(2,12(16)17-3)14-11(15)9-10-7-5-4-6-8-10/h10H,4-9H2,1-3H3,(H,14,15). The lowest BCUT2D eigenvalue weighted by atomic mass is 9.86. The molecule has 1 amide bonds. The van der Waals surface area contributed by atoms with Gasteiger partial charge in [0.1, 0.15) is 5.54 Å². The van der Waals surface area contributed by atoms with Crippen molar-refractivity contribution in [2.75, 3.05) is 7.11 Å². The van der Waals surface area contributed by atoms with Gasteiger partial charge in [-0.2, -0.15) is 0 Å². The van der Waals surface area contributed by atoms with Crippen molar-refractivity contribution in [1.29, 1.82) is 0 Å². The van der Waals surface area contributed by atoms with Crippen LogP contribution in [-0.4, -0.2) is 24.5 Å². The van der Waals surface area contributed by atoms with Gasteiger partial charge in [0.2, 0.25) is 5.91 Å². The lowest BCUT2D eigenvalue weighted by molar-refractivity contribution is -0.149. The molecule has 0 aliphatic heterocycles. The summed E-state index contributed by atoms with van der Waals surface area (Å²) in [4.78, 5) is 23.3. The van der Waals surface area contributed by atoms with Crippen LogP contribution in [0.4, 0.5) is 0 Å². The topological polar surface area (TPSA) is 55.4 Å². The zero-order valence-electron chi connectivity index (χ0n) is 11.0. The molecule has 4 nitrogen and oxygen atoms in total. The zero-order chi connectivity index (χ0) is 12.9. The van der Waals surface area contributed by atoms with Crippen molar-refractivity contribution in [2.45, 2.75) is 57.9 Å². The Balaban J connectivity index is 2.40. The lowest BCUT2D eigenvalue weighted by Crippen LogP contribution is -2.50. The van der Waals surface area contributed by atoms with Gasteiger partial charge in [-0.3, -0.25) is 4.79 Å². The van der Waals surface area contributed by atoms with Crippen molar-refractivity contribution < 1.29 is 14.3 Å². The molecule has 0 aromatic carbocycles. The van der Waals surface area contributed by atoms with Crippen molar-refractivity contribution in [1.82, 2.24) is 5.32 Å². The zero-order valence-corrected chi connectivity index (χ0v) is 11.0. The molecule has 1 rings (SSSR count). The molecule has 1 N–H and O–H groups in total. The maximum absolute atomic E-state index is 11.8. The van der Waals surface area contributed by atoms with E-state index in [0.29, 0.717) is 12.3 Å². The smallest absolute Gasteiger partial charge is 0.330 e. The molecule has 0 atom stereocenters. The predicted octanol–water partition coefficient (Wildman–Crippen LogP) is 2.02. The molecule has 1 saturated carbocycles. The molecular weight excluding hydrogens is 218 g/mol. The Morgan fingerprint density at radius 2 is 1.82 bits per heavy atom. The van der Waals surface area contributed by atoms with E-state index in [4.69, 9.17) is 0 Å². The van der Waals surface area contributed by atoms with E-state index < -0.39 is 11.5 Å². The van der Waals surface area contributed by atoms with Crippen LogP contribution in [0.15, 0.2) is 0 Å². The quantitative estimate of drug-likeness (QED) is 0.766. The Morgan fingerprint density at radius 3 is 2.35 bits per heavy atom. The van der Waals surface area contributed by atoms with E-state index in [0.717, 1.165) is 12.8 Å². The van der Waals surface area contributed by atoms with E-state index in [-0.39, 0.29) is 5.91 Å². The first-order valence-corrected chi connectivity index (χ1v) is 6.35. The highest BCUT2D eigenvalue weighted by Crippen LogP contribution is 2.26. The van der Waals surface area contributed by atoms with Crippen LogP contribution in [0.5, 0.6) is 0 Å². The van der Waals surface area contributed by atoms with E-state index >= 15 is 0 Å². The van der Waals surface area contributed by atoms with Gasteiger partial charge in [0.05, 0.1) is 7.11 Å². The molecule has 0 saturated heterocycles. The van der Waals surface area contributed by atoms with Crippen molar-refractivity contribution in [2.24, 2.45) is 5.92 Å². The Morgan fingerprint density at radius 1 is 1.24 bits per heavy atom. The molecule has 1 aliphatic rings. The van der Waals surface area contributed by atoms with Crippen molar-refractivity contribution >= 4 is 11.9 Å². The van der Waals surface area contributed by atoms with Crippen LogP contribution in [0.1, 0.15) is 52.4 Å². The summed E-state index contributed by atoms with van der Waals surface area (Å²) in [6, 6.07) is 0. The molecule has 98 valence electrons. The summed E-state index contributed by atoms with van der Waals surface area (Å²) in [7, 11) is 1.33. The summed E-state index contributed by atoms with van der Waals surface area (Å²) < 4.78 is 4.65. The van der Waals surface area contributed by atoms with E-state index in [1.54, 1.807) is 13.8 Å². The first-order chi connectivity index (χ1) is 7.95. The minimum absolute atomic E-state index is 0.0488. The third kappa shape index (κ3) is 4.36. The lowest BCUT2D eigenvalue weighted by Gasteiger charge is -2.26. The van der Waals surface area contributed by atoms with Gasteiger partial charge in [-0.15, -0.1) is 0 Å². The largest absolute Gasteiger partial charge is 0.467 e. The number of carbonyl (C=O) groups is 2. The molecule has 0 unspecified atom stereocenters. The van der Waals surface area contributed by atoms with Gasteiger partial charge < -0.3 is 10.1 Å². The maximum Gasteiger partial charge on any atom is 0.330 e. The summed E-state index contributed by atoms with van der Waals surface area (Å²) in [6.07, 6.45) is 6.51. The van der Waals surface area contributed by atoms with E-state index in [1.165, 1.54) is 26.4 Å². The van der Waals surface area contributed by atoms with E-state index in [9.17, 15) is 9.59 Å². The van der Waals surface area contributed by atoms with Gasteiger partial charge >= 0.3 is 5.97 Å². The number of esters is 1. The monoisotopic (exact) mass is 241 g/mol. The second-order valence-corrected chi connectivity index (χ2v) is 5.37. The number of hydrogen-bond donors (Lipinski definition) is 1. The Kier molecular flexibility index (Phi) is 4.97. The Hall–Kier alpha value is -1.06. The summed E-state index contributed by atoms with van der Waals surface area (Å²) in [6.45, 7) is 3.33. The number of carbonyl (C=O) groups excluding carboxylic acids is 2. The minimum Gasteiger partial charge on any atom is -0.467 e. The molecule has 4 heteroatoms. The van der Waals surface area contributed by atoms with Crippen LogP contribution in [-0.2, 0) is 14.3 Å². The second kappa shape index (κ2) is 6.03. The Labute approximate surface area is 103 Å². The number of hydrogen-bond acceptors (Lipinski definition) is 3. The van der Waals surface area contributed by atoms with Gasteiger partial charge in [-0.25, -0.2) is 4.79 Å². The fourth-order valence-electron chi connectivity index (χ4n) is 2.36. The van der Waals surface area contributed by atoms with Crippen LogP contribution in [0.2, 0.25) is 0 Å². The van der Waals surface area contributed by atoms with Crippen LogP contribution in [0, 0.1) is 5.92 Å². The highest BCUT2D eigenvalue weighted by molar-refractivity contribution is 5.87.